The Balaban J connectivity index is 1.96. The molecule has 1 fully saturated rings. The summed E-state index contributed by atoms with van der Waals surface area (Å²) in [4.78, 5) is 2.40. The van der Waals surface area contributed by atoms with Gasteiger partial charge in [-0.2, -0.15) is 0 Å². The molecule has 1 aliphatic heterocycles. The number of nitrogens with zero attached hydrogens (tertiary/aromatic N) is 1. The van der Waals surface area contributed by atoms with Crippen molar-refractivity contribution in [3.05, 3.63) is 22.2 Å². The summed E-state index contributed by atoms with van der Waals surface area (Å²) in [6.07, 6.45) is 2.35. The van der Waals surface area contributed by atoms with Crippen molar-refractivity contribution in [3.63, 3.8) is 0 Å². The maximum atomic E-state index is 9.81. The van der Waals surface area contributed by atoms with Gasteiger partial charge < -0.3 is 20.1 Å². The van der Waals surface area contributed by atoms with Crippen LogP contribution in [0.5, 0.6) is 11.5 Å². The molecule has 2 atom stereocenters. The summed E-state index contributed by atoms with van der Waals surface area (Å²) in [5.74, 6) is 0.664. The third-order valence-electron chi connectivity index (χ3n) is 4.11. The summed E-state index contributed by atoms with van der Waals surface area (Å²) < 4.78 is 5.85. The maximum absolute atomic E-state index is 9.81. The fraction of sp³-hybridized carbons (Fsp3) is 0.600. The third-order valence-corrected chi connectivity index (χ3v) is 4.72. The molecule has 2 N–H and O–H groups in total. The van der Waals surface area contributed by atoms with E-state index in [2.05, 4.69) is 40.1 Å². The Morgan fingerprint density at radius 2 is 2.25 bits per heavy atom. The van der Waals surface area contributed by atoms with Crippen molar-refractivity contribution in [3.8, 4) is 11.5 Å². The molecule has 0 saturated carbocycles. The number of rotatable bonds is 4. The number of phenols is 1. The molecule has 2 unspecified atom stereocenters. The molecule has 1 aliphatic rings. The average Bonchev–Trinajstić information content (AvgIpc) is 2.43. The van der Waals surface area contributed by atoms with Crippen LogP contribution in [0, 0.1) is 0 Å². The fourth-order valence-corrected chi connectivity index (χ4v) is 3.11. The molecule has 2 rings (SSSR count). The number of hydrogen-bond donors (Lipinski definition) is 2. The van der Waals surface area contributed by atoms with Crippen LogP contribution >= 0.6 is 15.9 Å². The lowest BCUT2D eigenvalue weighted by Gasteiger charge is -2.35. The molecule has 1 aromatic carbocycles. The normalized spacial score (nSPS) is 23.8. The molecule has 0 spiro atoms. The second-order valence-corrected chi connectivity index (χ2v) is 6.41. The van der Waals surface area contributed by atoms with E-state index in [-0.39, 0.29) is 5.75 Å². The number of nitrogens with one attached hydrogen (secondary N) is 1. The SMILES string of the molecule is COc1cc(CNC2CCN(C)C(C)C2)cc(Br)c1O. The zero-order valence-corrected chi connectivity index (χ0v) is 13.9. The quantitative estimate of drug-likeness (QED) is 0.882. The van der Waals surface area contributed by atoms with Crippen molar-refractivity contribution in [2.24, 2.45) is 0 Å². The number of aromatic hydroxyl groups is 1. The van der Waals surface area contributed by atoms with Crippen LogP contribution in [0.2, 0.25) is 0 Å². The van der Waals surface area contributed by atoms with Crippen molar-refractivity contribution < 1.29 is 9.84 Å². The summed E-state index contributed by atoms with van der Waals surface area (Å²) in [6.45, 7) is 4.20. The van der Waals surface area contributed by atoms with Gasteiger partial charge in [0, 0.05) is 18.6 Å². The van der Waals surface area contributed by atoms with Gasteiger partial charge >= 0.3 is 0 Å². The van der Waals surface area contributed by atoms with E-state index in [9.17, 15) is 5.11 Å². The smallest absolute Gasteiger partial charge is 0.172 e. The van der Waals surface area contributed by atoms with Crippen molar-refractivity contribution in [2.75, 3.05) is 20.7 Å². The molecule has 0 amide bonds. The van der Waals surface area contributed by atoms with E-state index in [0.717, 1.165) is 18.7 Å². The second-order valence-electron chi connectivity index (χ2n) is 5.56. The van der Waals surface area contributed by atoms with Gasteiger partial charge in [0.1, 0.15) is 0 Å². The Labute approximate surface area is 129 Å². The van der Waals surface area contributed by atoms with Crippen LogP contribution in [0.4, 0.5) is 0 Å². The summed E-state index contributed by atoms with van der Waals surface area (Å²) in [6, 6.07) is 5.00. The van der Waals surface area contributed by atoms with Crippen molar-refractivity contribution in [2.45, 2.75) is 38.4 Å². The third kappa shape index (κ3) is 3.65. The second kappa shape index (κ2) is 6.78. The van der Waals surface area contributed by atoms with Gasteiger partial charge in [0.05, 0.1) is 11.6 Å². The Morgan fingerprint density at radius 3 is 2.90 bits per heavy atom. The maximum Gasteiger partial charge on any atom is 0.172 e. The van der Waals surface area contributed by atoms with Crippen molar-refractivity contribution in [1.29, 1.82) is 0 Å². The number of likely N-dealkylation sites (tertiary alicyclic amines) is 1. The van der Waals surface area contributed by atoms with E-state index >= 15 is 0 Å². The summed E-state index contributed by atoms with van der Waals surface area (Å²) >= 11 is 3.36. The first-order valence-corrected chi connectivity index (χ1v) is 7.79. The van der Waals surface area contributed by atoms with Gasteiger partial charge in [-0.05, 0) is 67.0 Å². The van der Waals surface area contributed by atoms with E-state index in [1.807, 2.05) is 12.1 Å². The zero-order valence-electron chi connectivity index (χ0n) is 12.3. The van der Waals surface area contributed by atoms with Crippen LogP contribution in [0.15, 0.2) is 16.6 Å². The van der Waals surface area contributed by atoms with Gasteiger partial charge in [0.25, 0.3) is 0 Å². The lowest BCUT2D eigenvalue weighted by molar-refractivity contribution is 0.168. The van der Waals surface area contributed by atoms with Gasteiger partial charge in [-0.3, -0.25) is 0 Å². The lowest BCUT2D eigenvalue weighted by atomic mass is 9.98. The number of ether oxygens (including phenoxy) is 1. The number of benzene rings is 1. The Morgan fingerprint density at radius 1 is 1.50 bits per heavy atom. The highest BCUT2D eigenvalue weighted by atomic mass is 79.9. The lowest BCUT2D eigenvalue weighted by Crippen LogP contribution is -2.45. The molecule has 112 valence electrons. The minimum absolute atomic E-state index is 0.157. The van der Waals surface area contributed by atoms with E-state index in [0.29, 0.717) is 22.3 Å². The van der Waals surface area contributed by atoms with Gasteiger partial charge in [-0.15, -0.1) is 0 Å². The molecular weight excluding hydrogens is 320 g/mol. The Kier molecular flexibility index (Phi) is 5.29. The van der Waals surface area contributed by atoms with Crippen molar-refractivity contribution in [1.82, 2.24) is 10.2 Å². The van der Waals surface area contributed by atoms with Crippen LogP contribution in [0.3, 0.4) is 0 Å². The molecule has 1 saturated heterocycles. The summed E-state index contributed by atoms with van der Waals surface area (Å²) in [5, 5.41) is 13.4. The highest BCUT2D eigenvalue weighted by Crippen LogP contribution is 2.35. The standard InChI is InChI=1S/C15H23BrN2O2/c1-10-6-12(4-5-18(10)2)17-9-11-7-13(16)15(19)14(8-11)20-3/h7-8,10,12,17,19H,4-6,9H2,1-3H3. The molecule has 0 aromatic heterocycles. The summed E-state index contributed by atoms with van der Waals surface area (Å²) in [5.41, 5.74) is 1.11. The number of halogens is 1. The first-order chi connectivity index (χ1) is 9.51. The Hall–Kier alpha value is -0.780. The molecule has 4 nitrogen and oxygen atoms in total. The fourth-order valence-electron chi connectivity index (χ4n) is 2.62. The molecule has 0 aliphatic carbocycles. The predicted octanol–water partition coefficient (Wildman–Crippen LogP) is 2.74. The molecule has 0 bridgehead atoms. The molecule has 20 heavy (non-hydrogen) atoms. The largest absolute Gasteiger partial charge is 0.503 e. The zero-order chi connectivity index (χ0) is 14.7. The molecule has 1 heterocycles. The number of hydrogen-bond acceptors (Lipinski definition) is 4. The van der Waals surface area contributed by atoms with Crippen LogP contribution < -0.4 is 10.1 Å². The molecule has 5 heteroatoms. The van der Waals surface area contributed by atoms with Gasteiger partial charge in [0.15, 0.2) is 11.5 Å². The van der Waals surface area contributed by atoms with Crippen LogP contribution in [0.25, 0.3) is 0 Å². The van der Waals surface area contributed by atoms with Gasteiger partial charge in [-0.1, -0.05) is 0 Å². The Bertz CT molecular complexity index is 467. The topological polar surface area (TPSA) is 44.7 Å². The number of piperidine rings is 1. The van der Waals surface area contributed by atoms with Gasteiger partial charge in [0.2, 0.25) is 0 Å². The van der Waals surface area contributed by atoms with Crippen LogP contribution in [0.1, 0.15) is 25.3 Å². The average molecular weight is 343 g/mol. The molecule has 1 aromatic rings. The highest BCUT2D eigenvalue weighted by molar-refractivity contribution is 9.10. The predicted molar refractivity (Wildman–Crippen MR) is 84.3 cm³/mol. The first-order valence-electron chi connectivity index (χ1n) is 7.00. The summed E-state index contributed by atoms with van der Waals surface area (Å²) in [7, 11) is 3.75. The first kappa shape index (κ1) is 15.6. The van der Waals surface area contributed by atoms with Crippen LogP contribution in [-0.2, 0) is 6.54 Å². The van der Waals surface area contributed by atoms with Crippen molar-refractivity contribution >= 4 is 15.9 Å². The van der Waals surface area contributed by atoms with Crippen LogP contribution in [-0.4, -0.2) is 42.8 Å². The van der Waals surface area contributed by atoms with Gasteiger partial charge in [-0.25, -0.2) is 0 Å². The molecular formula is C15H23BrN2O2. The number of methoxy groups -OCH3 is 1. The van der Waals surface area contributed by atoms with E-state index in [4.69, 9.17) is 4.74 Å². The van der Waals surface area contributed by atoms with E-state index in [1.54, 1.807) is 7.11 Å². The minimum atomic E-state index is 0.157. The molecule has 0 radical (unpaired) electrons. The van der Waals surface area contributed by atoms with E-state index in [1.165, 1.54) is 12.8 Å². The number of phenolic OH excluding ortho intramolecular Hbond substituents is 1. The van der Waals surface area contributed by atoms with E-state index < -0.39 is 0 Å². The monoisotopic (exact) mass is 342 g/mol. The highest BCUT2D eigenvalue weighted by Gasteiger charge is 2.22. The minimum Gasteiger partial charge on any atom is -0.503 e.